The Morgan fingerprint density at radius 2 is 1.75 bits per heavy atom. The van der Waals surface area contributed by atoms with Gasteiger partial charge in [0.15, 0.2) is 0 Å². The van der Waals surface area contributed by atoms with Gasteiger partial charge in [-0.2, -0.15) is 0 Å². The first kappa shape index (κ1) is 13.2. The average molecular weight is 225 g/mol. The third-order valence-corrected chi connectivity index (χ3v) is 3.49. The Morgan fingerprint density at radius 1 is 1.25 bits per heavy atom. The monoisotopic (exact) mass is 225 g/mol. The third-order valence-electron chi connectivity index (χ3n) is 3.49. The van der Waals surface area contributed by atoms with Gasteiger partial charge >= 0.3 is 0 Å². The van der Waals surface area contributed by atoms with Crippen LogP contribution in [0.1, 0.15) is 59.8 Å². The van der Waals surface area contributed by atoms with Crippen molar-refractivity contribution in [3.8, 4) is 0 Å². The zero-order chi connectivity index (χ0) is 12.3. The number of hydrogen-bond acceptors (Lipinski definition) is 2. The van der Waals surface area contributed by atoms with Gasteiger partial charge in [-0.05, 0) is 19.8 Å². The van der Waals surface area contributed by atoms with Crippen LogP contribution >= 0.6 is 0 Å². The number of likely N-dealkylation sites (tertiary alicyclic amines) is 1. The van der Waals surface area contributed by atoms with Gasteiger partial charge in [-0.3, -0.25) is 14.5 Å². The van der Waals surface area contributed by atoms with Crippen LogP contribution in [-0.2, 0) is 9.59 Å². The summed E-state index contributed by atoms with van der Waals surface area (Å²) in [4.78, 5) is 25.5. The highest BCUT2D eigenvalue weighted by Crippen LogP contribution is 2.33. The lowest BCUT2D eigenvalue weighted by molar-refractivity contribution is -0.146. The first-order valence-electron chi connectivity index (χ1n) is 6.33. The molecule has 0 aromatic rings. The van der Waals surface area contributed by atoms with Crippen molar-refractivity contribution >= 4 is 11.8 Å². The van der Waals surface area contributed by atoms with Crippen LogP contribution in [0.2, 0.25) is 0 Å². The van der Waals surface area contributed by atoms with Gasteiger partial charge in [0, 0.05) is 17.9 Å². The smallest absolute Gasteiger partial charge is 0.233 e. The van der Waals surface area contributed by atoms with Crippen LogP contribution in [0, 0.1) is 5.92 Å². The van der Waals surface area contributed by atoms with Gasteiger partial charge in [-0.1, -0.05) is 33.6 Å². The molecule has 1 fully saturated rings. The lowest BCUT2D eigenvalue weighted by Gasteiger charge is -2.37. The molecular formula is C13H23NO2. The summed E-state index contributed by atoms with van der Waals surface area (Å²) < 4.78 is 0. The number of rotatable bonds is 5. The van der Waals surface area contributed by atoms with Crippen molar-refractivity contribution in [3.63, 3.8) is 0 Å². The molecule has 1 unspecified atom stereocenters. The normalized spacial score (nSPS) is 22.0. The molecule has 1 rings (SSSR count). The molecule has 16 heavy (non-hydrogen) atoms. The number of hydrogen-bond donors (Lipinski definition) is 0. The van der Waals surface area contributed by atoms with E-state index in [0.29, 0.717) is 6.42 Å². The highest BCUT2D eigenvalue weighted by atomic mass is 16.2. The topological polar surface area (TPSA) is 37.4 Å². The highest BCUT2D eigenvalue weighted by molar-refractivity contribution is 6.04. The summed E-state index contributed by atoms with van der Waals surface area (Å²) in [6.45, 7) is 8.09. The molecular weight excluding hydrogens is 202 g/mol. The summed E-state index contributed by atoms with van der Waals surface area (Å²) >= 11 is 0. The van der Waals surface area contributed by atoms with Crippen molar-refractivity contribution in [2.45, 2.75) is 65.3 Å². The van der Waals surface area contributed by atoms with E-state index in [2.05, 4.69) is 13.8 Å². The Kier molecular flexibility index (Phi) is 4.11. The Hall–Kier alpha value is -0.860. The highest BCUT2D eigenvalue weighted by Gasteiger charge is 2.45. The molecule has 1 heterocycles. The molecule has 0 aromatic heterocycles. The summed E-state index contributed by atoms with van der Waals surface area (Å²) in [7, 11) is 0. The Balaban J connectivity index is 2.93. The fraction of sp³-hybridized carbons (Fsp3) is 0.846. The molecule has 0 aromatic carbocycles. The molecule has 1 atom stereocenters. The number of nitrogens with zero attached hydrogens (tertiary/aromatic N) is 1. The van der Waals surface area contributed by atoms with Crippen LogP contribution in [0.25, 0.3) is 0 Å². The number of imide groups is 1. The van der Waals surface area contributed by atoms with Crippen LogP contribution in [-0.4, -0.2) is 22.3 Å². The lowest BCUT2D eigenvalue weighted by Crippen LogP contribution is -2.49. The summed E-state index contributed by atoms with van der Waals surface area (Å²) in [5.74, 6) is -0.0863. The maximum absolute atomic E-state index is 12.0. The van der Waals surface area contributed by atoms with Gasteiger partial charge in [0.05, 0.1) is 0 Å². The minimum absolute atomic E-state index is 0.0156. The van der Waals surface area contributed by atoms with Crippen molar-refractivity contribution in [1.82, 2.24) is 4.90 Å². The minimum Gasteiger partial charge on any atom is -0.276 e. The van der Waals surface area contributed by atoms with E-state index >= 15 is 0 Å². The average Bonchev–Trinajstić information content (AvgIpc) is 2.42. The largest absolute Gasteiger partial charge is 0.276 e. The Morgan fingerprint density at radius 3 is 2.06 bits per heavy atom. The molecule has 3 heteroatoms. The van der Waals surface area contributed by atoms with E-state index in [4.69, 9.17) is 0 Å². The summed E-state index contributed by atoms with van der Waals surface area (Å²) in [6, 6.07) is 0. The Labute approximate surface area is 98.2 Å². The fourth-order valence-electron chi connectivity index (χ4n) is 2.78. The molecule has 0 N–H and O–H groups in total. The van der Waals surface area contributed by atoms with Crippen LogP contribution in [0.4, 0.5) is 0 Å². The van der Waals surface area contributed by atoms with E-state index < -0.39 is 0 Å². The summed E-state index contributed by atoms with van der Waals surface area (Å²) in [6.07, 6.45) is 4.21. The molecule has 2 amide bonds. The van der Waals surface area contributed by atoms with Crippen LogP contribution < -0.4 is 0 Å². The molecule has 3 nitrogen and oxygen atoms in total. The second kappa shape index (κ2) is 4.98. The van der Waals surface area contributed by atoms with Crippen molar-refractivity contribution < 1.29 is 9.59 Å². The predicted molar refractivity (Wildman–Crippen MR) is 63.9 cm³/mol. The second-order valence-electron chi connectivity index (χ2n) is 5.17. The molecule has 0 radical (unpaired) electrons. The molecule has 0 saturated carbocycles. The van der Waals surface area contributed by atoms with Crippen LogP contribution in [0.3, 0.4) is 0 Å². The van der Waals surface area contributed by atoms with Gasteiger partial charge < -0.3 is 0 Å². The number of carbonyl (C=O) groups is 2. The molecule has 0 bridgehead atoms. The maximum atomic E-state index is 12.0. The summed E-state index contributed by atoms with van der Waals surface area (Å²) in [5.41, 5.74) is -0.261. The van der Waals surface area contributed by atoms with Crippen LogP contribution in [0.5, 0.6) is 0 Å². The molecule has 1 aliphatic heterocycles. The zero-order valence-corrected chi connectivity index (χ0v) is 10.9. The second-order valence-corrected chi connectivity index (χ2v) is 5.17. The SMILES string of the molecule is CCCC(C)(CCC)N1C(=O)CC(C)C1=O. The quantitative estimate of drug-likeness (QED) is 0.675. The zero-order valence-electron chi connectivity index (χ0n) is 10.9. The first-order valence-corrected chi connectivity index (χ1v) is 6.33. The lowest BCUT2D eigenvalue weighted by atomic mass is 9.89. The first-order chi connectivity index (χ1) is 7.46. The molecule has 0 aliphatic carbocycles. The summed E-state index contributed by atoms with van der Waals surface area (Å²) in [5, 5.41) is 0. The van der Waals surface area contributed by atoms with Gasteiger partial charge in [0.2, 0.25) is 11.8 Å². The minimum atomic E-state index is -0.261. The van der Waals surface area contributed by atoms with E-state index in [1.165, 1.54) is 0 Å². The van der Waals surface area contributed by atoms with E-state index in [1.807, 2.05) is 13.8 Å². The molecule has 1 aliphatic rings. The van der Waals surface area contributed by atoms with Crippen molar-refractivity contribution in [2.75, 3.05) is 0 Å². The van der Waals surface area contributed by atoms with Crippen molar-refractivity contribution in [3.05, 3.63) is 0 Å². The van der Waals surface area contributed by atoms with E-state index in [9.17, 15) is 9.59 Å². The fourth-order valence-corrected chi connectivity index (χ4v) is 2.78. The number of carbonyl (C=O) groups excluding carboxylic acids is 2. The molecule has 92 valence electrons. The van der Waals surface area contributed by atoms with Gasteiger partial charge in [0.25, 0.3) is 0 Å². The van der Waals surface area contributed by atoms with E-state index in [1.54, 1.807) is 4.90 Å². The van der Waals surface area contributed by atoms with Gasteiger partial charge in [-0.15, -0.1) is 0 Å². The Bertz CT molecular complexity index is 280. The van der Waals surface area contributed by atoms with Crippen molar-refractivity contribution in [2.24, 2.45) is 5.92 Å². The van der Waals surface area contributed by atoms with Crippen molar-refractivity contribution in [1.29, 1.82) is 0 Å². The van der Waals surface area contributed by atoms with Crippen LogP contribution in [0.15, 0.2) is 0 Å². The standard InChI is InChI=1S/C13H23NO2/c1-5-7-13(4,8-6-2)14-11(15)9-10(3)12(14)16/h10H,5-9H2,1-4H3. The molecule has 0 spiro atoms. The number of amides is 2. The van der Waals surface area contributed by atoms with Gasteiger partial charge in [0.1, 0.15) is 0 Å². The maximum Gasteiger partial charge on any atom is 0.233 e. The van der Waals surface area contributed by atoms with E-state index in [0.717, 1.165) is 25.7 Å². The predicted octanol–water partition coefficient (Wildman–Crippen LogP) is 2.74. The van der Waals surface area contributed by atoms with E-state index in [-0.39, 0.29) is 23.3 Å². The molecule has 1 saturated heterocycles. The third kappa shape index (κ3) is 2.28. The van der Waals surface area contributed by atoms with Gasteiger partial charge in [-0.25, -0.2) is 0 Å².